The molecular weight excluding hydrogens is 198 g/mol. The highest BCUT2D eigenvalue weighted by Crippen LogP contribution is 2.54. The molecule has 0 aliphatic heterocycles. The highest BCUT2D eigenvalue weighted by molar-refractivity contribution is 5.09. The van der Waals surface area contributed by atoms with Crippen LogP contribution in [-0.4, -0.2) is 11.1 Å². The first-order valence-electron chi connectivity index (χ1n) is 6.25. The van der Waals surface area contributed by atoms with E-state index in [9.17, 15) is 0 Å². The Morgan fingerprint density at radius 2 is 1.94 bits per heavy atom. The van der Waals surface area contributed by atoms with Crippen molar-refractivity contribution in [3.63, 3.8) is 0 Å². The first kappa shape index (κ1) is 13.4. The average Bonchev–Trinajstić information content (AvgIpc) is 2.73. The summed E-state index contributed by atoms with van der Waals surface area (Å²) in [6, 6.07) is 0.306. The summed E-state index contributed by atoms with van der Waals surface area (Å²) in [5.74, 6) is 6.88. The number of hydrogen-bond donors (Lipinski definition) is 2. The van der Waals surface area contributed by atoms with Gasteiger partial charge in [0.05, 0.1) is 0 Å². The molecule has 1 fully saturated rings. The number of allylic oxidation sites excluding steroid dienone is 2. The van der Waals surface area contributed by atoms with Gasteiger partial charge in [-0.05, 0) is 51.4 Å². The number of rotatable bonds is 5. The van der Waals surface area contributed by atoms with E-state index in [0.717, 1.165) is 23.7 Å². The average molecular weight is 225 g/mol. The Morgan fingerprint density at radius 3 is 2.25 bits per heavy atom. The smallest absolute Gasteiger partial charge is 0.0478 e. The van der Waals surface area contributed by atoms with Gasteiger partial charge in [-0.1, -0.05) is 13.8 Å². The molecule has 4 N–H and O–H groups in total. The lowest BCUT2D eigenvalue weighted by Crippen LogP contribution is -2.38. The summed E-state index contributed by atoms with van der Waals surface area (Å²) in [5.41, 5.74) is 8.42. The first-order valence-corrected chi connectivity index (χ1v) is 6.25. The summed E-state index contributed by atoms with van der Waals surface area (Å²) in [4.78, 5) is 0. The summed E-state index contributed by atoms with van der Waals surface area (Å²) in [5, 5.41) is 1.81. The molecule has 0 aromatic heterocycles. The molecule has 0 saturated heterocycles. The lowest BCUT2D eigenvalue weighted by Gasteiger charge is -2.27. The van der Waals surface area contributed by atoms with Crippen molar-refractivity contribution < 1.29 is 0 Å². The first-order chi connectivity index (χ1) is 7.25. The Labute approximate surface area is 99.8 Å². The Balaban J connectivity index is 2.51. The molecule has 1 aliphatic rings. The van der Waals surface area contributed by atoms with E-state index in [1.807, 2.05) is 11.9 Å². The third-order valence-electron chi connectivity index (χ3n) is 3.77. The zero-order valence-corrected chi connectivity index (χ0v) is 11.4. The molecule has 0 heterocycles. The lowest BCUT2D eigenvalue weighted by molar-refractivity contribution is 0.275. The minimum atomic E-state index is 0.306. The van der Waals surface area contributed by atoms with Gasteiger partial charge >= 0.3 is 0 Å². The van der Waals surface area contributed by atoms with Crippen molar-refractivity contribution in [1.82, 2.24) is 5.01 Å². The van der Waals surface area contributed by atoms with Gasteiger partial charge in [0.1, 0.15) is 0 Å². The Hall–Kier alpha value is -0.700. The van der Waals surface area contributed by atoms with Crippen LogP contribution in [0, 0.1) is 11.3 Å². The molecule has 0 radical (unpaired) electrons. The fraction of sp³-hybridized carbons (Fsp3) is 0.846. The fourth-order valence-electron chi connectivity index (χ4n) is 2.22. The molecule has 0 aromatic rings. The largest absolute Gasteiger partial charge is 0.401 e. The third kappa shape index (κ3) is 3.14. The molecule has 3 heteroatoms. The zero-order valence-electron chi connectivity index (χ0n) is 11.4. The van der Waals surface area contributed by atoms with Gasteiger partial charge < -0.3 is 10.7 Å². The summed E-state index contributed by atoms with van der Waals surface area (Å²) < 4.78 is 0. The van der Waals surface area contributed by atoms with E-state index in [1.54, 1.807) is 0 Å². The maximum Gasteiger partial charge on any atom is 0.0478 e. The zero-order chi connectivity index (χ0) is 12.5. The van der Waals surface area contributed by atoms with Crippen molar-refractivity contribution in [3.8, 4) is 0 Å². The van der Waals surface area contributed by atoms with Gasteiger partial charge in [-0.15, -0.1) is 0 Å². The van der Waals surface area contributed by atoms with Crippen LogP contribution >= 0.6 is 0 Å². The molecule has 1 saturated carbocycles. The van der Waals surface area contributed by atoms with Crippen LogP contribution in [0.2, 0.25) is 0 Å². The van der Waals surface area contributed by atoms with Crippen molar-refractivity contribution >= 4 is 0 Å². The molecule has 0 amide bonds. The molecule has 0 aromatic carbocycles. The number of hydrogen-bond acceptors (Lipinski definition) is 3. The van der Waals surface area contributed by atoms with E-state index in [-0.39, 0.29) is 0 Å². The molecule has 1 atom stereocenters. The van der Waals surface area contributed by atoms with Gasteiger partial charge in [0.2, 0.25) is 0 Å². The maximum absolute atomic E-state index is 6.03. The van der Waals surface area contributed by atoms with Crippen molar-refractivity contribution in [2.75, 3.05) is 0 Å². The van der Waals surface area contributed by atoms with Gasteiger partial charge in [0.25, 0.3) is 0 Å². The second-order valence-corrected chi connectivity index (χ2v) is 6.06. The quantitative estimate of drug-likeness (QED) is 0.558. The van der Waals surface area contributed by atoms with E-state index in [0.29, 0.717) is 11.5 Å². The molecule has 0 bridgehead atoms. The van der Waals surface area contributed by atoms with Crippen LogP contribution in [0.3, 0.4) is 0 Å². The van der Waals surface area contributed by atoms with Gasteiger partial charge in [-0.2, -0.15) is 0 Å². The predicted octanol–water partition coefficient (Wildman–Crippen LogP) is 2.59. The Morgan fingerprint density at radius 1 is 1.44 bits per heavy atom. The number of nitrogens with two attached hydrogens (primary N) is 2. The number of nitrogens with zero attached hydrogens (tertiary/aromatic N) is 1. The monoisotopic (exact) mass is 225 g/mol. The van der Waals surface area contributed by atoms with Gasteiger partial charge in [0.15, 0.2) is 0 Å². The molecule has 1 unspecified atom stereocenters. The van der Waals surface area contributed by atoms with E-state index in [1.165, 1.54) is 12.8 Å². The lowest BCUT2D eigenvalue weighted by atomic mass is 10.0. The van der Waals surface area contributed by atoms with Crippen molar-refractivity contribution in [2.24, 2.45) is 22.9 Å². The van der Waals surface area contributed by atoms with Gasteiger partial charge in [-0.3, -0.25) is 0 Å². The Bertz CT molecular complexity index is 275. The normalized spacial score (nSPS) is 24.3. The highest BCUT2D eigenvalue weighted by Gasteiger charge is 2.44. The van der Waals surface area contributed by atoms with Gasteiger partial charge in [0, 0.05) is 17.4 Å². The molecule has 1 rings (SSSR count). The minimum absolute atomic E-state index is 0.306. The maximum atomic E-state index is 6.03. The number of hydrazine groups is 1. The Kier molecular flexibility index (Phi) is 3.89. The van der Waals surface area contributed by atoms with E-state index in [4.69, 9.17) is 11.6 Å². The van der Waals surface area contributed by atoms with Crippen LogP contribution in [0.15, 0.2) is 11.4 Å². The summed E-state index contributed by atoms with van der Waals surface area (Å²) in [7, 11) is 0. The van der Waals surface area contributed by atoms with Gasteiger partial charge in [-0.25, -0.2) is 5.84 Å². The second kappa shape index (κ2) is 4.66. The molecule has 3 nitrogen and oxygen atoms in total. The van der Waals surface area contributed by atoms with Crippen molar-refractivity contribution in [2.45, 2.75) is 59.9 Å². The second-order valence-electron chi connectivity index (χ2n) is 6.06. The molecule has 94 valence electrons. The minimum Gasteiger partial charge on any atom is -0.401 e. The summed E-state index contributed by atoms with van der Waals surface area (Å²) in [6.45, 7) is 10.8. The molecular formula is C13H27N3. The predicted molar refractivity (Wildman–Crippen MR) is 69.2 cm³/mol. The van der Waals surface area contributed by atoms with E-state index < -0.39 is 0 Å². The molecule has 16 heavy (non-hydrogen) atoms. The standard InChI is InChI=1S/C13H27N3/c1-9(2)16(15)12(10(3)14)7-6-11-8-13(11,4)5/h9,11H,6-8,14-15H2,1-5H3/b12-10-. The highest BCUT2D eigenvalue weighted by atomic mass is 15.4. The van der Waals surface area contributed by atoms with Crippen LogP contribution in [0.25, 0.3) is 0 Å². The van der Waals surface area contributed by atoms with Crippen LogP contribution in [0.5, 0.6) is 0 Å². The van der Waals surface area contributed by atoms with E-state index >= 15 is 0 Å². The molecule has 0 spiro atoms. The summed E-state index contributed by atoms with van der Waals surface area (Å²) >= 11 is 0. The third-order valence-corrected chi connectivity index (χ3v) is 3.77. The van der Waals surface area contributed by atoms with E-state index in [2.05, 4.69) is 27.7 Å². The van der Waals surface area contributed by atoms with Crippen molar-refractivity contribution in [1.29, 1.82) is 0 Å². The van der Waals surface area contributed by atoms with Crippen LogP contribution in [0.4, 0.5) is 0 Å². The SMILES string of the molecule is C/C(N)=C(\CCC1CC1(C)C)N(N)C(C)C. The topological polar surface area (TPSA) is 55.3 Å². The van der Waals surface area contributed by atoms with Crippen LogP contribution in [0.1, 0.15) is 53.9 Å². The fourth-order valence-corrected chi connectivity index (χ4v) is 2.22. The van der Waals surface area contributed by atoms with Crippen LogP contribution in [-0.2, 0) is 0 Å². The van der Waals surface area contributed by atoms with Crippen LogP contribution < -0.4 is 11.6 Å². The summed E-state index contributed by atoms with van der Waals surface area (Å²) in [6.07, 6.45) is 3.55. The molecule has 1 aliphatic carbocycles. The van der Waals surface area contributed by atoms with Crippen molar-refractivity contribution in [3.05, 3.63) is 11.4 Å².